The number of hydrogen-bond donors (Lipinski definition) is 1. The number of amides is 1. The summed E-state index contributed by atoms with van der Waals surface area (Å²) in [4.78, 5) is 24.5. The predicted molar refractivity (Wildman–Crippen MR) is 80.0 cm³/mol. The number of benzene rings is 1. The molecule has 0 saturated carbocycles. The zero-order valence-electron chi connectivity index (χ0n) is 13.0. The van der Waals surface area contributed by atoms with Crippen LogP contribution in [0.15, 0.2) is 30.3 Å². The average molecular weight is 293 g/mol. The molecule has 0 saturated heterocycles. The first-order chi connectivity index (χ1) is 9.70. The lowest BCUT2D eigenvalue weighted by molar-refractivity contribution is -0.137. The fourth-order valence-electron chi connectivity index (χ4n) is 1.89. The van der Waals surface area contributed by atoms with Gasteiger partial charge in [0.2, 0.25) is 0 Å². The Morgan fingerprint density at radius 1 is 1.24 bits per heavy atom. The number of carboxylic acid groups (broad SMARTS) is 1. The Morgan fingerprint density at radius 2 is 1.81 bits per heavy atom. The van der Waals surface area contributed by atoms with E-state index >= 15 is 0 Å². The quantitative estimate of drug-likeness (QED) is 0.902. The van der Waals surface area contributed by atoms with E-state index in [1.54, 1.807) is 20.8 Å². The van der Waals surface area contributed by atoms with Crippen LogP contribution in [0.3, 0.4) is 0 Å². The van der Waals surface area contributed by atoms with Crippen LogP contribution in [0.1, 0.15) is 45.7 Å². The smallest absolute Gasteiger partial charge is 0.410 e. The number of hydrogen-bond acceptors (Lipinski definition) is 3. The van der Waals surface area contributed by atoms with Gasteiger partial charge < -0.3 is 14.7 Å². The van der Waals surface area contributed by atoms with Crippen LogP contribution in [0, 0.1) is 0 Å². The number of ether oxygens (including phenoxy) is 1. The van der Waals surface area contributed by atoms with E-state index in [4.69, 9.17) is 9.84 Å². The number of carbonyl (C=O) groups excluding carboxylic acids is 1. The molecule has 116 valence electrons. The third-order valence-corrected chi connectivity index (χ3v) is 2.94. The molecule has 1 atom stereocenters. The van der Waals surface area contributed by atoms with E-state index in [9.17, 15) is 9.59 Å². The lowest BCUT2D eigenvalue weighted by atomic mass is 10.1. The Labute approximate surface area is 125 Å². The van der Waals surface area contributed by atoms with Crippen LogP contribution in [-0.2, 0) is 9.53 Å². The standard InChI is InChI=1S/C16H23NO4/c1-12(13-8-6-5-7-9-13)17(11-10-14(18)19)15(20)21-16(2,3)4/h5-9,12H,10-11H2,1-4H3,(H,18,19)/t12-/m1/s1. The summed E-state index contributed by atoms with van der Waals surface area (Å²) in [7, 11) is 0. The number of nitrogens with zero attached hydrogens (tertiary/aromatic N) is 1. The van der Waals surface area contributed by atoms with Crippen molar-refractivity contribution in [3.63, 3.8) is 0 Å². The molecular weight excluding hydrogens is 270 g/mol. The molecule has 0 aliphatic heterocycles. The first-order valence-electron chi connectivity index (χ1n) is 6.97. The van der Waals surface area contributed by atoms with Crippen LogP contribution in [0.4, 0.5) is 4.79 Å². The summed E-state index contributed by atoms with van der Waals surface area (Å²) >= 11 is 0. The maximum absolute atomic E-state index is 12.3. The van der Waals surface area contributed by atoms with Gasteiger partial charge in [0.1, 0.15) is 5.60 Å². The van der Waals surface area contributed by atoms with Crippen molar-refractivity contribution in [1.82, 2.24) is 4.90 Å². The van der Waals surface area contributed by atoms with Crippen molar-refractivity contribution in [2.24, 2.45) is 0 Å². The third-order valence-electron chi connectivity index (χ3n) is 2.94. The lowest BCUT2D eigenvalue weighted by Crippen LogP contribution is -2.39. The van der Waals surface area contributed by atoms with Crippen molar-refractivity contribution < 1.29 is 19.4 Å². The fraction of sp³-hybridized carbons (Fsp3) is 0.500. The summed E-state index contributed by atoms with van der Waals surface area (Å²) in [5.74, 6) is -0.941. The Hall–Kier alpha value is -2.04. The molecule has 0 aliphatic carbocycles. The molecule has 1 aromatic carbocycles. The van der Waals surface area contributed by atoms with Gasteiger partial charge in [-0.1, -0.05) is 30.3 Å². The van der Waals surface area contributed by atoms with Gasteiger partial charge in [-0.2, -0.15) is 0 Å². The summed E-state index contributed by atoms with van der Waals surface area (Å²) in [5, 5.41) is 8.85. The molecule has 0 fully saturated rings. The van der Waals surface area contributed by atoms with E-state index in [2.05, 4.69) is 0 Å². The molecule has 21 heavy (non-hydrogen) atoms. The first kappa shape index (κ1) is 17.0. The highest BCUT2D eigenvalue weighted by atomic mass is 16.6. The first-order valence-corrected chi connectivity index (χ1v) is 6.97. The molecular formula is C16H23NO4. The lowest BCUT2D eigenvalue weighted by Gasteiger charge is -2.31. The Morgan fingerprint density at radius 3 is 2.29 bits per heavy atom. The molecule has 0 bridgehead atoms. The van der Waals surface area contributed by atoms with Crippen molar-refractivity contribution in [2.75, 3.05) is 6.54 Å². The maximum atomic E-state index is 12.3. The Kier molecular flexibility index (Phi) is 5.76. The zero-order valence-corrected chi connectivity index (χ0v) is 13.0. The summed E-state index contributed by atoms with van der Waals surface area (Å²) in [6, 6.07) is 9.23. The van der Waals surface area contributed by atoms with Crippen LogP contribution in [-0.4, -0.2) is 34.2 Å². The predicted octanol–water partition coefficient (Wildman–Crippen LogP) is 3.46. The molecule has 0 unspecified atom stereocenters. The van der Waals surface area contributed by atoms with Crippen LogP contribution >= 0.6 is 0 Å². The van der Waals surface area contributed by atoms with E-state index in [1.807, 2.05) is 37.3 Å². The molecule has 1 rings (SSSR count). The fourth-order valence-corrected chi connectivity index (χ4v) is 1.89. The molecule has 1 amide bonds. The van der Waals surface area contributed by atoms with Gasteiger partial charge in [0.05, 0.1) is 12.5 Å². The van der Waals surface area contributed by atoms with Gasteiger partial charge >= 0.3 is 12.1 Å². The molecule has 0 heterocycles. The van der Waals surface area contributed by atoms with Crippen LogP contribution in [0.2, 0.25) is 0 Å². The second-order valence-corrected chi connectivity index (χ2v) is 5.90. The topological polar surface area (TPSA) is 66.8 Å². The largest absolute Gasteiger partial charge is 0.481 e. The maximum Gasteiger partial charge on any atom is 0.410 e. The molecule has 0 aromatic heterocycles. The third kappa shape index (κ3) is 5.85. The minimum Gasteiger partial charge on any atom is -0.481 e. The van der Waals surface area contributed by atoms with E-state index in [1.165, 1.54) is 4.90 Å². The number of rotatable bonds is 5. The molecule has 0 radical (unpaired) electrons. The highest BCUT2D eigenvalue weighted by Crippen LogP contribution is 2.22. The van der Waals surface area contributed by atoms with E-state index < -0.39 is 17.7 Å². The van der Waals surface area contributed by atoms with Crippen LogP contribution in [0.5, 0.6) is 0 Å². The molecule has 5 heteroatoms. The van der Waals surface area contributed by atoms with Crippen LogP contribution < -0.4 is 0 Å². The van der Waals surface area contributed by atoms with Crippen molar-refractivity contribution >= 4 is 12.1 Å². The van der Waals surface area contributed by atoms with Crippen molar-refractivity contribution in [2.45, 2.75) is 45.8 Å². The van der Waals surface area contributed by atoms with E-state index in [0.717, 1.165) is 5.56 Å². The normalized spacial score (nSPS) is 12.6. The number of aliphatic carboxylic acids is 1. The average Bonchev–Trinajstić information content (AvgIpc) is 2.37. The number of carbonyl (C=O) groups is 2. The minimum absolute atomic E-state index is 0.111. The number of carboxylic acids is 1. The molecule has 5 nitrogen and oxygen atoms in total. The summed E-state index contributed by atoms with van der Waals surface area (Å²) in [6.45, 7) is 7.33. The van der Waals surface area contributed by atoms with Gasteiger partial charge in [0, 0.05) is 6.54 Å². The molecule has 1 N–H and O–H groups in total. The van der Waals surface area contributed by atoms with E-state index in [-0.39, 0.29) is 19.0 Å². The highest BCUT2D eigenvalue weighted by Gasteiger charge is 2.27. The zero-order chi connectivity index (χ0) is 16.0. The summed E-state index contributed by atoms with van der Waals surface area (Å²) < 4.78 is 5.37. The monoisotopic (exact) mass is 293 g/mol. The van der Waals surface area contributed by atoms with Crippen LogP contribution in [0.25, 0.3) is 0 Å². The van der Waals surface area contributed by atoms with Gasteiger partial charge in [0.15, 0.2) is 0 Å². The Balaban J connectivity index is 2.90. The van der Waals surface area contributed by atoms with Gasteiger partial charge in [0.25, 0.3) is 0 Å². The van der Waals surface area contributed by atoms with Crippen molar-refractivity contribution in [3.8, 4) is 0 Å². The van der Waals surface area contributed by atoms with Gasteiger partial charge in [-0.15, -0.1) is 0 Å². The second kappa shape index (κ2) is 7.11. The van der Waals surface area contributed by atoms with Gasteiger partial charge in [-0.05, 0) is 33.3 Å². The van der Waals surface area contributed by atoms with Crippen molar-refractivity contribution in [3.05, 3.63) is 35.9 Å². The Bertz CT molecular complexity index is 479. The molecule has 1 aromatic rings. The highest BCUT2D eigenvalue weighted by molar-refractivity contribution is 5.71. The summed E-state index contributed by atoms with van der Waals surface area (Å²) in [6.07, 6.45) is -0.615. The summed E-state index contributed by atoms with van der Waals surface area (Å²) in [5.41, 5.74) is 0.323. The SMILES string of the molecule is C[C@H](c1ccccc1)N(CCC(=O)O)C(=O)OC(C)(C)C. The van der Waals surface area contributed by atoms with E-state index in [0.29, 0.717) is 0 Å². The second-order valence-electron chi connectivity index (χ2n) is 5.90. The van der Waals surface area contributed by atoms with Gasteiger partial charge in [-0.25, -0.2) is 4.79 Å². The molecule has 0 spiro atoms. The molecule has 0 aliphatic rings. The minimum atomic E-state index is -0.941. The van der Waals surface area contributed by atoms with Crippen molar-refractivity contribution in [1.29, 1.82) is 0 Å². The van der Waals surface area contributed by atoms with Gasteiger partial charge in [-0.3, -0.25) is 4.79 Å².